The maximum absolute atomic E-state index is 13.7. The van der Waals surface area contributed by atoms with Gasteiger partial charge in [-0.25, -0.2) is 23.2 Å². The van der Waals surface area contributed by atoms with E-state index in [1.165, 1.54) is 37.2 Å². The number of carbonyl (C=O) groups is 1. The zero-order valence-electron chi connectivity index (χ0n) is 19.6. The molecule has 2 N–H and O–H groups in total. The first-order chi connectivity index (χ1) is 16.9. The fraction of sp³-hybridized carbons (Fsp3) is 0.190. The summed E-state index contributed by atoms with van der Waals surface area (Å²) in [5.41, 5.74) is 6.54. The van der Waals surface area contributed by atoms with E-state index in [0.29, 0.717) is 15.0 Å². The Balaban J connectivity index is 2.18. The van der Waals surface area contributed by atoms with E-state index < -0.39 is 28.0 Å². The number of carbonyl (C=O) groups excluding carboxylic acids is 1. The molecule has 0 bridgehead atoms. The van der Waals surface area contributed by atoms with Gasteiger partial charge in [0.25, 0.3) is 16.0 Å². The number of hydrogen-bond donors (Lipinski definition) is 1. The van der Waals surface area contributed by atoms with Gasteiger partial charge in [0.1, 0.15) is 10.7 Å². The standard InChI is InChI=1S/C21H22Cl2N8O4S/c1-13-25-19(28-20(26-13)35-4)31(36(33,34)17-8-6-5-7-16(17)23)18(24)27-21(32)30(29(2)3)15-11-9-14(22)10-12-15/h5-12H,1-4H3,(H2,24,27,32). The van der Waals surface area contributed by atoms with Crippen LogP contribution in [-0.4, -0.2) is 61.6 Å². The highest BCUT2D eigenvalue weighted by molar-refractivity contribution is 7.93. The van der Waals surface area contributed by atoms with Crippen LogP contribution < -0.4 is 19.8 Å². The molecule has 0 fully saturated rings. The van der Waals surface area contributed by atoms with E-state index in [1.54, 1.807) is 44.4 Å². The number of guanidine groups is 1. The first kappa shape index (κ1) is 27.1. The molecule has 0 atom stereocenters. The van der Waals surface area contributed by atoms with Gasteiger partial charge in [0.2, 0.25) is 5.96 Å². The maximum atomic E-state index is 13.7. The molecule has 190 valence electrons. The van der Waals surface area contributed by atoms with Crippen molar-refractivity contribution in [3.8, 4) is 6.01 Å². The van der Waals surface area contributed by atoms with Crippen molar-refractivity contribution in [2.75, 3.05) is 30.5 Å². The van der Waals surface area contributed by atoms with E-state index in [9.17, 15) is 13.2 Å². The van der Waals surface area contributed by atoms with Crippen molar-refractivity contribution in [3.05, 3.63) is 64.4 Å². The Morgan fingerprint density at radius 2 is 1.67 bits per heavy atom. The van der Waals surface area contributed by atoms with Gasteiger partial charge < -0.3 is 10.5 Å². The number of ether oxygens (including phenoxy) is 1. The number of hydrogen-bond acceptors (Lipinski definition) is 8. The van der Waals surface area contributed by atoms with E-state index >= 15 is 0 Å². The smallest absolute Gasteiger partial charge is 0.366 e. The number of rotatable bonds is 6. The second-order valence-electron chi connectivity index (χ2n) is 7.26. The minimum absolute atomic E-state index is 0.0875. The number of halogens is 2. The van der Waals surface area contributed by atoms with Crippen LogP contribution in [0.1, 0.15) is 5.82 Å². The second-order valence-corrected chi connectivity index (χ2v) is 9.86. The summed E-state index contributed by atoms with van der Waals surface area (Å²) in [6.07, 6.45) is 0. The quantitative estimate of drug-likeness (QED) is 0.276. The van der Waals surface area contributed by atoms with Crippen LogP contribution in [0, 0.1) is 6.92 Å². The van der Waals surface area contributed by atoms with Crippen LogP contribution in [0.5, 0.6) is 6.01 Å². The highest BCUT2D eigenvalue weighted by Gasteiger charge is 2.34. The van der Waals surface area contributed by atoms with Gasteiger partial charge in [-0.2, -0.15) is 24.2 Å². The normalized spacial score (nSPS) is 11.9. The van der Waals surface area contributed by atoms with Crippen molar-refractivity contribution < 1.29 is 17.9 Å². The van der Waals surface area contributed by atoms with Crippen molar-refractivity contribution in [3.63, 3.8) is 0 Å². The third kappa shape index (κ3) is 5.82. The molecule has 1 aromatic heterocycles. The van der Waals surface area contributed by atoms with Crippen molar-refractivity contribution >= 4 is 56.9 Å². The molecule has 0 aliphatic rings. The predicted molar refractivity (Wildman–Crippen MR) is 137 cm³/mol. The number of aromatic nitrogens is 3. The summed E-state index contributed by atoms with van der Waals surface area (Å²) in [6.45, 7) is 1.50. The van der Waals surface area contributed by atoms with Crippen molar-refractivity contribution in [2.45, 2.75) is 11.8 Å². The molecule has 0 radical (unpaired) electrons. The molecule has 36 heavy (non-hydrogen) atoms. The van der Waals surface area contributed by atoms with Gasteiger partial charge in [-0.15, -0.1) is 0 Å². The molecule has 3 aromatic rings. The Morgan fingerprint density at radius 3 is 2.25 bits per heavy atom. The molecule has 2 amide bonds. The summed E-state index contributed by atoms with van der Waals surface area (Å²) in [7, 11) is -0.0652. The van der Waals surface area contributed by atoms with E-state index in [-0.39, 0.29) is 21.8 Å². The van der Waals surface area contributed by atoms with E-state index in [1.807, 2.05) is 0 Å². The van der Waals surface area contributed by atoms with Crippen molar-refractivity contribution in [1.29, 1.82) is 0 Å². The molecular formula is C21H22Cl2N8O4S. The first-order valence-electron chi connectivity index (χ1n) is 10.1. The van der Waals surface area contributed by atoms with Gasteiger partial charge in [0.05, 0.1) is 17.8 Å². The van der Waals surface area contributed by atoms with E-state index in [0.717, 1.165) is 5.01 Å². The zero-order chi connectivity index (χ0) is 26.6. The lowest BCUT2D eigenvalue weighted by molar-refractivity contribution is 0.239. The number of aryl methyl sites for hydroxylation is 1. The molecule has 0 unspecified atom stereocenters. The lowest BCUT2D eigenvalue weighted by atomic mass is 10.3. The summed E-state index contributed by atoms with van der Waals surface area (Å²) in [5, 5.41) is 2.97. The molecule has 0 spiro atoms. The average Bonchev–Trinajstić information content (AvgIpc) is 2.80. The van der Waals surface area contributed by atoms with Crippen LogP contribution in [0.3, 0.4) is 0 Å². The van der Waals surface area contributed by atoms with Gasteiger partial charge in [-0.1, -0.05) is 35.3 Å². The Bertz CT molecular complexity index is 1400. The van der Waals surface area contributed by atoms with Crippen molar-refractivity contribution in [2.24, 2.45) is 10.7 Å². The van der Waals surface area contributed by atoms with E-state index in [4.69, 9.17) is 33.7 Å². The second kappa shape index (κ2) is 11.0. The van der Waals surface area contributed by atoms with Crippen LogP contribution in [0.4, 0.5) is 16.4 Å². The number of sulfonamides is 1. The average molecular weight is 553 g/mol. The summed E-state index contributed by atoms with van der Waals surface area (Å²) in [4.78, 5) is 28.8. The lowest BCUT2D eigenvalue weighted by Gasteiger charge is -2.28. The van der Waals surface area contributed by atoms with E-state index in [2.05, 4.69) is 19.9 Å². The number of anilines is 2. The summed E-state index contributed by atoms with van der Waals surface area (Å²) < 4.78 is 32.9. The molecule has 0 saturated heterocycles. The van der Waals surface area contributed by atoms with Gasteiger partial charge in [0.15, 0.2) is 0 Å². The zero-order valence-corrected chi connectivity index (χ0v) is 22.0. The highest BCUT2D eigenvalue weighted by atomic mass is 35.5. The Morgan fingerprint density at radius 1 is 1.03 bits per heavy atom. The summed E-state index contributed by atoms with van der Waals surface area (Å²) >= 11 is 12.1. The summed E-state index contributed by atoms with van der Waals surface area (Å²) in [5.74, 6) is -1.06. The van der Waals surface area contributed by atoms with Crippen LogP contribution in [0.25, 0.3) is 0 Å². The Kier molecular flexibility index (Phi) is 8.30. The number of nitrogens with zero attached hydrogens (tertiary/aromatic N) is 7. The molecule has 2 aromatic carbocycles. The Hall–Kier alpha value is -3.52. The largest absolute Gasteiger partial charge is 0.467 e. The third-order valence-electron chi connectivity index (χ3n) is 4.50. The topological polar surface area (TPSA) is 147 Å². The van der Waals surface area contributed by atoms with Gasteiger partial charge in [0, 0.05) is 19.1 Å². The fourth-order valence-electron chi connectivity index (χ4n) is 3.00. The Labute approximate surface area is 218 Å². The monoisotopic (exact) mass is 552 g/mol. The predicted octanol–water partition coefficient (Wildman–Crippen LogP) is 3.11. The van der Waals surface area contributed by atoms with Crippen LogP contribution >= 0.6 is 23.2 Å². The molecule has 0 saturated carbocycles. The molecule has 15 heteroatoms. The van der Waals surface area contributed by atoms with Gasteiger partial charge in [-0.05, 0) is 43.3 Å². The fourth-order valence-corrected chi connectivity index (χ4v) is 4.90. The number of amides is 2. The first-order valence-corrected chi connectivity index (χ1v) is 12.3. The van der Waals surface area contributed by atoms with Gasteiger partial charge in [-0.3, -0.25) is 0 Å². The van der Waals surface area contributed by atoms with Crippen LogP contribution in [0.15, 0.2) is 58.4 Å². The number of aliphatic imine (C=N–C) groups is 1. The number of nitrogens with two attached hydrogens (primary N) is 1. The highest BCUT2D eigenvalue weighted by Crippen LogP contribution is 2.27. The van der Waals surface area contributed by atoms with Gasteiger partial charge >= 0.3 is 12.0 Å². The molecule has 12 nitrogen and oxygen atoms in total. The van der Waals surface area contributed by atoms with Crippen molar-refractivity contribution in [1.82, 2.24) is 20.0 Å². The molecule has 1 heterocycles. The number of methoxy groups -OCH3 is 1. The minimum atomic E-state index is -4.55. The molecular weight excluding hydrogens is 531 g/mol. The van der Waals surface area contributed by atoms with Crippen LogP contribution in [0.2, 0.25) is 10.0 Å². The molecule has 0 aliphatic carbocycles. The number of hydrazine groups is 1. The maximum Gasteiger partial charge on any atom is 0.366 e. The molecule has 0 aliphatic heterocycles. The SMILES string of the molecule is COc1nc(C)nc(N(C(N)=NC(=O)N(c2ccc(Cl)cc2)N(C)C)S(=O)(=O)c2ccccc2Cl)n1. The lowest BCUT2D eigenvalue weighted by Crippen LogP contribution is -2.46. The minimum Gasteiger partial charge on any atom is -0.467 e. The third-order valence-corrected chi connectivity index (χ3v) is 6.94. The summed E-state index contributed by atoms with van der Waals surface area (Å²) in [6, 6.07) is 11.0. The van der Waals surface area contributed by atoms with Crippen LogP contribution in [-0.2, 0) is 10.0 Å². The number of urea groups is 1. The molecule has 3 rings (SSSR count). The number of benzene rings is 2.